The van der Waals surface area contributed by atoms with E-state index in [0.29, 0.717) is 18.0 Å². The van der Waals surface area contributed by atoms with Crippen molar-refractivity contribution in [3.8, 4) is 5.75 Å². The van der Waals surface area contributed by atoms with Crippen molar-refractivity contribution in [3.05, 3.63) is 59.7 Å². The molecule has 2 atom stereocenters. The number of morpholine rings is 1. The van der Waals surface area contributed by atoms with Gasteiger partial charge in [-0.15, -0.1) is 0 Å². The number of benzene rings is 2. The second-order valence-corrected chi connectivity index (χ2v) is 7.28. The molecule has 28 heavy (non-hydrogen) atoms. The number of urea groups is 1. The number of nitrogens with one attached hydrogen (secondary N) is 2. The Morgan fingerprint density at radius 3 is 2.39 bits per heavy atom. The molecule has 3 rings (SSSR count). The van der Waals surface area contributed by atoms with E-state index < -0.39 is 0 Å². The lowest BCUT2D eigenvalue weighted by Gasteiger charge is -2.35. The maximum Gasteiger partial charge on any atom is 0.319 e. The number of carbonyl (C=O) groups is 1. The SMILES string of the molecule is COc1ccccc1NC(=O)NCc1ccc(CN2C[C@@H](C)O[C@H](C)C2)cc1. The molecule has 6 nitrogen and oxygen atoms in total. The normalized spacial score (nSPS) is 19.8. The van der Waals surface area contributed by atoms with Crippen LogP contribution in [0.2, 0.25) is 0 Å². The molecule has 1 aliphatic rings. The van der Waals surface area contributed by atoms with E-state index in [0.717, 1.165) is 25.2 Å². The van der Waals surface area contributed by atoms with E-state index in [1.54, 1.807) is 13.2 Å². The van der Waals surface area contributed by atoms with E-state index in [1.807, 2.05) is 18.2 Å². The Morgan fingerprint density at radius 2 is 1.71 bits per heavy atom. The third-order valence-corrected chi connectivity index (χ3v) is 4.73. The van der Waals surface area contributed by atoms with Crippen LogP contribution in [0.15, 0.2) is 48.5 Å². The summed E-state index contributed by atoms with van der Waals surface area (Å²) in [6, 6.07) is 15.4. The van der Waals surface area contributed by atoms with E-state index in [9.17, 15) is 4.79 Å². The topological polar surface area (TPSA) is 62.8 Å². The van der Waals surface area contributed by atoms with Gasteiger partial charge in [0.15, 0.2) is 0 Å². The number of hydrogen-bond donors (Lipinski definition) is 2. The van der Waals surface area contributed by atoms with Gasteiger partial charge >= 0.3 is 6.03 Å². The van der Waals surface area contributed by atoms with Crippen LogP contribution in [0, 0.1) is 0 Å². The summed E-state index contributed by atoms with van der Waals surface area (Å²) in [4.78, 5) is 14.6. The number of amides is 2. The molecule has 0 unspecified atom stereocenters. The van der Waals surface area contributed by atoms with Crippen molar-refractivity contribution < 1.29 is 14.3 Å². The zero-order valence-electron chi connectivity index (χ0n) is 16.8. The fraction of sp³-hybridized carbons (Fsp3) is 0.409. The molecule has 1 fully saturated rings. The Kier molecular flexibility index (Phi) is 6.90. The third kappa shape index (κ3) is 5.71. The van der Waals surface area contributed by atoms with Gasteiger partial charge in [0.1, 0.15) is 5.75 Å². The highest BCUT2D eigenvalue weighted by Gasteiger charge is 2.21. The van der Waals surface area contributed by atoms with Crippen LogP contribution in [0.25, 0.3) is 0 Å². The van der Waals surface area contributed by atoms with Crippen molar-refractivity contribution in [2.75, 3.05) is 25.5 Å². The van der Waals surface area contributed by atoms with Gasteiger partial charge in [-0.05, 0) is 37.1 Å². The van der Waals surface area contributed by atoms with Crippen LogP contribution in [-0.2, 0) is 17.8 Å². The van der Waals surface area contributed by atoms with Gasteiger partial charge in [0.25, 0.3) is 0 Å². The van der Waals surface area contributed by atoms with Gasteiger partial charge in [0, 0.05) is 26.2 Å². The Morgan fingerprint density at radius 1 is 1.07 bits per heavy atom. The zero-order valence-corrected chi connectivity index (χ0v) is 16.8. The molecule has 0 aliphatic carbocycles. The van der Waals surface area contributed by atoms with E-state index >= 15 is 0 Å². The summed E-state index contributed by atoms with van der Waals surface area (Å²) in [6.45, 7) is 7.53. The highest BCUT2D eigenvalue weighted by Crippen LogP contribution is 2.22. The summed E-state index contributed by atoms with van der Waals surface area (Å²) >= 11 is 0. The van der Waals surface area contributed by atoms with E-state index in [2.05, 4.69) is 53.6 Å². The summed E-state index contributed by atoms with van der Waals surface area (Å²) in [7, 11) is 1.58. The first-order valence-corrected chi connectivity index (χ1v) is 9.67. The first kappa shape index (κ1) is 20.2. The van der Waals surface area contributed by atoms with Crippen molar-refractivity contribution in [3.63, 3.8) is 0 Å². The van der Waals surface area contributed by atoms with Crippen molar-refractivity contribution in [2.45, 2.75) is 39.1 Å². The van der Waals surface area contributed by atoms with Gasteiger partial charge in [-0.1, -0.05) is 36.4 Å². The Hall–Kier alpha value is -2.57. The van der Waals surface area contributed by atoms with Crippen LogP contribution < -0.4 is 15.4 Å². The predicted octanol–water partition coefficient (Wildman–Crippen LogP) is 3.63. The molecule has 0 radical (unpaired) electrons. The van der Waals surface area contributed by atoms with Gasteiger partial charge in [-0.25, -0.2) is 4.79 Å². The number of methoxy groups -OCH3 is 1. The van der Waals surface area contributed by atoms with Gasteiger partial charge in [-0.3, -0.25) is 4.90 Å². The molecule has 0 aromatic heterocycles. The lowest BCUT2D eigenvalue weighted by molar-refractivity contribution is -0.0704. The molecule has 2 N–H and O–H groups in total. The third-order valence-electron chi connectivity index (χ3n) is 4.73. The molecule has 1 saturated heterocycles. The number of para-hydroxylation sites is 2. The lowest BCUT2D eigenvalue weighted by Crippen LogP contribution is -2.44. The number of carbonyl (C=O) groups excluding carboxylic acids is 1. The van der Waals surface area contributed by atoms with Gasteiger partial charge in [0.2, 0.25) is 0 Å². The minimum absolute atomic E-state index is 0.259. The fourth-order valence-corrected chi connectivity index (χ4v) is 3.53. The summed E-state index contributed by atoms with van der Waals surface area (Å²) < 4.78 is 11.0. The van der Waals surface area contributed by atoms with Crippen molar-refractivity contribution in [1.29, 1.82) is 0 Å². The average Bonchev–Trinajstić information content (AvgIpc) is 2.67. The maximum atomic E-state index is 12.1. The average molecular weight is 383 g/mol. The van der Waals surface area contributed by atoms with Crippen molar-refractivity contribution in [2.24, 2.45) is 0 Å². The highest BCUT2D eigenvalue weighted by atomic mass is 16.5. The van der Waals surface area contributed by atoms with E-state index in [-0.39, 0.29) is 18.2 Å². The second-order valence-electron chi connectivity index (χ2n) is 7.28. The summed E-state index contributed by atoms with van der Waals surface area (Å²) in [5.41, 5.74) is 2.97. The lowest BCUT2D eigenvalue weighted by atomic mass is 10.1. The van der Waals surface area contributed by atoms with Crippen LogP contribution in [0.3, 0.4) is 0 Å². The predicted molar refractivity (Wildman–Crippen MR) is 111 cm³/mol. The molecule has 2 aromatic rings. The molecular formula is C22H29N3O3. The standard InChI is InChI=1S/C22H29N3O3/c1-16-13-25(14-17(2)28-16)15-19-10-8-18(9-11-19)12-23-22(26)24-20-6-4-5-7-21(20)27-3/h4-11,16-17H,12-15H2,1-3H3,(H2,23,24,26)/t16-,17-/m1/s1. The Balaban J connectivity index is 1.48. The fourth-order valence-electron chi connectivity index (χ4n) is 3.53. The highest BCUT2D eigenvalue weighted by molar-refractivity contribution is 5.90. The molecule has 6 heteroatoms. The van der Waals surface area contributed by atoms with Gasteiger partial charge in [0.05, 0.1) is 25.0 Å². The Bertz CT molecular complexity index is 769. The zero-order chi connectivity index (χ0) is 19.9. The number of hydrogen-bond acceptors (Lipinski definition) is 4. The van der Waals surface area contributed by atoms with Crippen LogP contribution in [0.5, 0.6) is 5.75 Å². The van der Waals surface area contributed by atoms with Crippen LogP contribution >= 0.6 is 0 Å². The molecule has 0 spiro atoms. The molecule has 1 heterocycles. The molecule has 2 amide bonds. The Labute approximate surface area is 166 Å². The number of rotatable bonds is 6. The first-order valence-electron chi connectivity index (χ1n) is 9.67. The monoisotopic (exact) mass is 383 g/mol. The molecule has 0 bridgehead atoms. The van der Waals surface area contributed by atoms with Crippen LogP contribution in [0.4, 0.5) is 10.5 Å². The number of anilines is 1. The maximum absolute atomic E-state index is 12.1. The smallest absolute Gasteiger partial charge is 0.319 e. The number of ether oxygens (including phenoxy) is 2. The molecule has 0 saturated carbocycles. The largest absolute Gasteiger partial charge is 0.495 e. The number of nitrogens with zero attached hydrogens (tertiary/aromatic N) is 1. The van der Waals surface area contributed by atoms with E-state index in [1.165, 1.54) is 5.56 Å². The molecule has 150 valence electrons. The van der Waals surface area contributed by atoms with E-state index in [4.69, 9.17) is 9.47 Å². The first-order chi connectivity index (χ1) is 13.5. The van der Waals surface area contributed by atoms with Crippen molar-refractivity contribution in [1.82, 2.24) is 10.2 Å². The second kappa shape index (κ2) is 9.57. The van der Waals surface area contributed by atoms with Gasteiger partial charge < -0.3 is 20.1 Å². The molecular weight excluding hydrogens is 354 g/mol. The summed E-state index contributed by atoms with van der Waals surface area (Å²) in [5.74, 6) is 0.633. The van der Waals surface area contributed by atoms with Crippen LogP contribution in [-0.4, -0.2) is 43.3 Å². The van der Waals surface area contributed by atoms with Crippen molar-refractivity contribution >= 4 is 11.7 Å². The summed E-state index contributed by atoms with van der Waals surface area (Å²) in [5, 5.41) is 5.69. The molecule has 2 aromatic carbocycles. The quantitative estimate of drug-likeness (QED) is 0.800. The van der Waals surface area contributed by atoms with Gasteiger partial charge in [-0.2, -0.15) is 0 Å². The van der Waals surface area contributed by atoms with Crippen LogP contribution in [0.1, 0.15) is 25.0 Å². The minimum atomic E-state index is -0.259. The summed E-state index contributed by atoms with van der Waals surface area (Å²) in [6.07, 6.45) is 0.544. The minimum Gasteiger partial charge on any atom is -0.495 e. The molecule has 1 aliphatic heterocycles.